The van der Waals surface area contributed by atoms with E-state index in [4.69, 9.17) is 0 Å². The number of aromatic nitrogens is 1. The van der Waals surface area contributed by atoms with Gasteiger partial charge in [-0.3, -0.25) is 4.98 Å². The van der Waals surface area contributed by atoms with E-state index in [0.717, 1.165) is 20.4 Å². The lowest BCUT2D eigenvalue weighted by Gasteiger charge is -2.06. The molecule has 0 amide bonds. The molecular weight excluding hydrogens is 304 g/mol. The smallest absolute Gasteiger partial charge is 0.124 e. The highest BCUT2D eigenvalue weighted by Crippen LogP contribution is 2.26. The molecule has 0 aliphatic heterocycles. The van der Waals surface area contributed by atoms with Gasteiger partial charge >= 0.3 is 0 Å². The summed E-state index contributed by atoms with van der Waals surface area (Å²) in [5, 5.41) is 0. The summed E-state index contributed by atoms with van der Waals surface area (Å²) in [6, 6.07) is 8.65. The summed E-state index contributed by atoms with van der Waals surface area (Å²) >= 11 is 2.13. The second-order valence-electron chi connectivity index (χ2n) is 3.29. The van der Waals surface area contributed by atoms with Gasteiger partial charge in [0.2, 0.25) is 0 Å². The van der Waals surface area contributed by atoms with E-state index in [9.17, 15) is 4.39 Å². The van der Waals surface area contributed by atoms with E-state index in [2.05, 4.69) is 27.6 Å². The van der Waals surface area contributed by atoms with E-state index < -0.39 is 0 Å². The molecule has 0 unspecified atom stereocenters. The standard InChI is InChI=1S/C12H9FIN/c1-8-3-2-6-15-12(8)10-5-4-9(13)7-11(10)14/h2-7H,1H3. The third-order valence-electron chi connectivity index (χ3n) is 2.20. The van der Waals surface area contributed by atoms with Crippen molar-refractivity contribution < 1.29 is 4.39 Å². The summed E-state index contributed by atoms with van der Waals surface area (Å²) in [7, 11) is 0. The Morgan fingerprint density at radius 1 is 1.27 bits per heavy atom. The van der Waals surface area contributed by atoms with Gasteiger partial charge in [0.25, 0.3) is 0 Å². The lowest BCUT2D eigenvalue weighted by atomic mass is 10.1. The zero-order valence-electron chi connectivity index (χ0n) is 8.17. The summed E-state index contributed by atoms with van der Waals surface area (Å²) in [5.41, 5.74) is 3.00. The summed E-state index contributed by atoms with van der Waals surface area (Å²) in [6.45, 7) is 2.00. The fourth-order valence-electron chi connectivity index (χ4n) is 1.45. The van der Waals surface area contributed by atoms with Crippen molar-refractivity contribution in [2.75, 3.05) is 0 Å². The lowest BCUT2D eigenvalue weighted by Crippen LogP contribution is -1.90. The molecule has 1 nitrogen and oxygen atoms in total. The summed E-state index contributed by atoms with van der Waals surface area (Å²) in [4.78, 5) is 4.31. The first kappa shape index (κ1) is 10.5. The molecule has 0 saturated carbocycles. The largest absolute Gasteiger partial charge is 0.256 e. The molecule has 1 heterocycles. The molecule has 1 aromatic heterocycles. The molecule has 0 saturated heterocycles. The fraction of sp³-hybridized carbons (Fsp3) is 0.0833. The van der Waals surface area contributed by atoms with E-state index >= 15 is 0 Å². The number of aryl methyl sites for hydroxylation is 1. The Balaban J connectivity index is 2.60. The van der Waals surface area contributed by atoms with E-state index in [-0.39, 0.29) is 5.82 Å². The topological polar surface area (TPSA) is 12.9 Å². The molecule has 2 rings (SSSR count). The van der Waals surface area contributed by atoms with Crippen molar-refractivity contribution >= 4 is 22.6 Å². The Morgan fingerprint density at radius 3 is 2.73 bits per heavy atom. The molecule has 0 spiro atoms. The van der Waals surface area contributed by atoms with Gasteiger partial charge in [-0.15, -0.1) is 0 Å². The van der Waals surface area contributed by atoms with Crippen LogP contribution in [0.15, 0.2) is 36.5 Å². The van der Waals surface area contributed by atoms with Gasteiger partial charge in [-0.1, -0.05) is 6.07 Å². The third-order valence-corrected chi connectivity index (χ3v) is 3.09. The Hall–Kier alpha value is -0.970. The lowest BCUT2D eigenvalue weighted by molar-refractivity contribution is 0.627. The summed E-state index contributed by atoms with van der Waals surface area (Å²) in [5.74, 6) is -0.211. The number of benzene rings is 1. The Labute approximate surface area is 102 Å². The first-order valence-electron chi connectivity index (χ1n) is 4.55. The minimum absolute atomic E-state index is 0.211. The van der Waals surface area contributed by atoms with Gasteiger partial charge in [-0.2, -0.15) is 0 Å². The second-order valence-corrected chi connectivity index (χ2v) is 4.46. The molecule has 76 valence electrons. The van der Waals surface area contributed by atoms with E-state index in [1.807, 2.05) is 19.1 Å². The average molecular weight is 313 g/mol. The van der Waals surface area contributed by atoms with Crippen molar-refractivity contribution in [1.29, 1.82) is 0 Å². The molecule has 0 bridgehead atoms. The van der Waals surface area contributed by atoms with Crippen LogP contribution in [-0.4, -0.2) is 4.98 Å². The van der Waals surface area contributed by atoms with Gasteiger partial charge in [0.05, 0.1) is 5.69 Å². The molecule has 3 heteroatoms. The minimum Gasteiger partial charge on any atom is -0.256 e. The normalized spacial score (nSPS) is 10.3. The summed E-state index contributed by atoms with van der Waals surface area (Å²) in [6.07, 6.45) is 1.75. The van der Waals surface area contributed by atoms with Crippen molar-refractivity contribution in [2.24, 2.45) is 0 Å². The quantitative estimate of drug-likeness (QED) is 0.730. The maximum atomic E-state index is 12.9. The van der Waals surface area contributed by atoms with Crippen LogP contribution in [0.5, 0.6) is 0 Å². The molecule has 0 N–H and O–H groups in total. The number of nitrogens with zero attached hydrogens (tertiary/aromatic N) is 1. The van der Waals surface area contributed by atoms with E-state index in [1.54, 1.807) is 12.3 Å². The van der Waals surface area contributed by atoms with Gasteiger partial charge in [-0.05, 0) is 59.3 Å². The van der Waals surface area contributed by atoms with Crippen LogP contribution in [0.4, 0.5) is 4.39 Å². The highest BCUT2D eigenvalue weighted by atomic mass is 127. The van der Waals surface area contributed by atoms with E-state index in [0.29, 0.717) is 0 Å². The highest BCUT2D eigenvalue weighted by Gasteiger charge is 2.07. The molecule has 0 atom stereocenters. The van der Waals surface area contributed by atoms with Gasteiger partial charge in [0.15, 0.2) is 0 Å². The number of hydrogen-bond donors (Lipinski definition) is 0. The van der Waals surface area contributed by atoms with Gasteiger partial charge in [-0.25, -0.2) is 4.39 Å². The maximum Gasteiger partial charge on any atom is 0.124 e. The summed E-state index contributed by atoms with van der Waals surface area (Å²) < 4.78 is 13.8. The second kappa shape index (κ2) is 4.26. The zero-order valence-corrected chi connectivity index (χ0v) is 10.3. The monoisotopic (exact) mass is 313 g/mol. The van der Waals surface area contributed by atoms with Gasteiger partial charge < -0.3 is 0 Å². The molecule has 0 fully saturated rings. The number of hydrogen-bond acceptors (Lipinski definition) is 1. The first-order chi connectivity index (χ1) is 7.18. The van der Waals surface area contributed by atoms with Crippen LogP contribution in [0.1, 0.15) is 5.56 Å². The molecule has 0 aliphatic rings. The van der Waals surface area contributed by atoms with Crippen LogP contribution in [0.2, 0.25) is 0 Å². The molecular formula is C12H9FIN. The third kappa shape index (κ3) is 2.17. The first-order valence-corrected chi connectivity index (χ1v) is 5.63. The Kier molecular flexibility index (Phi) is 3.00. The van der Waals surface area contributed by atoms with Crippen molar-refractivity contribution in [3.8, 4) is 11.3 Å². The minimum atomic E-state index is -0.211. The molecule has 2 aromatic rings. The molecule has 0 radical (unpaired) electrons. The predicted octanol–water partition coefficient (Wildman–Crippen LogP) is 3.80. The van der Waals surface area contributed by atoms with Crippen molar-refractivity contribution in [3.05, 3.63) is 51.5 Å². The van der Waals surface area contributed by atoms with Crippen LogP contribution in [0.25, 0.3) is 11.3 Å². The molecule has 0 aliphatic carbocycles. The number of rotatable bonds is 1. The SMILES string of the molecule is Cc1cccnc1-c1ccc(F)cc1I. The Morgan fingerprint density at radius 2 is 2.07 bits per heavy atom. The number of halogens is 2. The maximum absolute atomic E-state index is 12.9. The average Bonchev–Trinajstić information content (AvgIpc) is 2.20. The Bertz CT molecular complexity index is 497. The van der Waals surface area contributed by atoms with Gasteiger partial charge in [0, 0.05) is 15.3 Å². The van der Waals surface area contributed by atoms with Crippen molar-refractivity contribution in [2.45, 2.75) is 6.92 Å². The predicted molar refractivity (Wildman–Crippen MR) is 67.1 cm³/mol. The van der Waals surface area contributed by atoms with Gasteiger partial charge in [0.1, 0.15) is 5.82 Å². The molecule has 15 heavy (non-hydrogen) atoms. The van der Waals surface area contributed by atoms with Crippen LogP contribution >= 0.6 is 22.6 Å². The van der Waals surface area contributed by atoms with E-state index in [1.165, 1.54) is 12.1 Å². The van der Waals surface area contributed by atoms with Crippen LogP contribution in [-0.2, 0) is 0 Å². The highest BCUT2D eigenvalue weighted by molar-refractivity contribution is 14.1. The van der Waals surface area contributed by atoms with Crippen LogP contribution in [0.3, 0.4) is 0 Å². The van der Waals surface area contributed by atoms with Crippen molar-refractivity contribution in [1.82, 2.24) is 4.98 Å². The zero-order chi connectivity index (χ0) is 10.8. The van der Waals surface area contributed by atoms with Crippen molar-refractivity contribution in [3.63, 3.8) is 0 Å². The van der Waals surface area contributed by atoms with Crippen LogP contribution in [0, 0.1) is 16.3 Å². The van der Waals surface area contributed by atoms with Crippen LogP contribution < -0.4 is 0 Å². The number of pyridine rings is 1. The molecule has 1 aromatic carbocycles. The fourth-order valence-corrected chi connectivity index (χ4v) is 2.18.